The second-order valence-electron chi connectivity index (χ2n) is 6.72. The summed E-state index contributed by atoms with van der Waals surface area (Å²) in [6.07, 6.45) is 4.69. The van der Waals surface area contributed by atoms with Gasteiger partial charge in [0.2, 0.25) is 5.91 Å². The number of ether oxygens (including phenoxy) is 1. The van der Waals surface area contributed by atoms with Crippen LogP contribution in [0.15, 0.2) is 24.3 Å². The zero-order valence-corrected chi connectivity index (χ0v) is 16.2. The van der Waals surface area contributed by atoms with E-state index in [1.54, 1.807) is 0 Å². The number of nitrogens with one attached hydrogen (secondary N) is 1. The quantitative estimate of drug-likeness (QED) is 0.811. The topological polar surface area (TPSA) is 67.6 Å². The number of halogens is 2. The molecular weight excluding hydrogens is 361 g/mol. The van der Waals surface area contributed by atoms with Crippen molar-refractivity contribution >= 4 is 36.4 Å². The number of hydrogen-bond donors (Lipinski definition) is 2. The molecule has 7 heteroatoms. The van der Waals surface area contributed by atoms with E-state index in [2.05, 4.69) is 22.3 Å². The Morgan fingerprint density at radius 3 is 2.32 bits per heavy atom. The molecule has 1 saturated heterocycles. The molecule has 1 aromatic rings. The van der Waals surface area contributed by atoms with Gasteiger partial charge in [0.1, 0.15) is 0 Å². The van der Waals surface area contributed by atoms with Gasteiger partial charge in [-0.2, -0.15) is 0 Å². The molecule has 0 radical (unpaired) electrons. The maximum atomic E-state index is 12.3. The van der Waals surface area contributed by atoms with Gasteiger partial charge < -0.3 is 15.8 Å². The monoisotopic (exact) mass is 389 g/mol. The molecule has 1 heterocycles. The van der Waals surface area contributed by atoms with Crippen LogP contribution in [0.4, 0.5) is 5.69 Å². The number of morpholine rings is 1. The van der Waals surface area contributed by atoms with Crippen molar-refractivity contribution in [3.8, 4) is 0 Å². The minimum atomic E-state index is -0.672. The fourth-order valence-corrected chi connectivity index (χ4v) is 3.36. The zero-order chi connectivity index (χ0) is 16.1. The molecule has 0 aromatic heterocycles. The van der Waals surface area contributed by atoms with Crippen molar-refractivity contribution in [3.63, 3.8) is 0 Å². The van der Waals surface area contributed by atoms with Crippen LogP contribution in [-0.4, -0.2) is 49.2 Å². The van der Waals surface area contributed by atoms with Crippen LogP contribution >= 0.6 is 24.8 Å². The third-order valence-corrected chi connectivity index (χ3v) is 4.98. The van der Waals surface area contributed by atoms with Gasteiger partial charge >= 0.3 is 0 Å². The molecule has 1 amide bonds. The number of carbonyl (C=O) groups excluding carboxylic acids is 1. The Labute approximate surface area is 162 Å². The number of anilines is 1. The third-order valence-electron chi connectivity index (χ3n) is 4.98. The van der Waals surface area contributed by atoms with Gasteiger partial charge in [-0.25, -0.2) is 0 Å². The Morgan fingerprint density at radius 1 is 1.12 bits per heavy atom. The number of nitrogens with zero attached hydrogens (tertiary/aromatic N) is 1. The lowest BCUT2D eigenvalue weighted by atomic mass is 9.98. The van der Waals surface area contributed by atoms with Gasteiger partial charge in [-0.05, 0) is 37.0 Å². The van der Waals surface area contributed by atoms with Gasteiger partial charge in [-0.3, -0.25) is 9.69 Å². The SMILES string of the molecule is Cl.Cl.NC1(C(=O)Nc2ccc(CCN3CCOCC3)cc2)CCCC1. The number of hydrogen-bond acceptors (Lipinski definition) is 4. The maximum Gasteiger partial charge on any atom is 0.244 e. The molecular formula is C18H29Cl2N3O2. The Morgan fingerprint density at radius 2 is 1.72 bits per heavy atom. The fourth-order valence-electron chi connectivity index (χ4n) is 3.36. The third kappa shape index (κ3) is 6.12. The number of carbonyl (C=O) groups is 1. The van der Waals surface area contributed by atoms with Crippen LogP contribution in [0.25, 0.3) is 0 Å². The first-order chi connectivity index (χ1) is 11.2. The molecule has 25 heavy (non-hydrogen) atoms. The lowest BCUT2D eigenvalue weighted by molar-refractivity contribution is -0.121. The highest BCUT2D eigenvalue weighted by Crippen LogP contribution is 2.28. The van der Waals surface area contributed by atoms with Crippen molar-refractivity contribution in [2.75, 3.05) is 38.2 Å². The summed E-state index contributed by atoms with van der Waals surface area (Å²) in [6.45, 7) is 4.78. The molecule has 3 N–H and O–H groups in total. The maximum absolute atomic E-state index is 12.3. The second kappa shape index (κ2) is 10.3. The van der Waals surface area contributed by atoms with E-state index in [4.69, 9.17) is 10.5 Å². The van der Waals surface area contributed by atoms with Crippen molar-refractivity contribution in [2.24, 2.45) is 5.73 Å². The fraction of sp³-hybridized carbons (Fsp3) is 0.611. The smallest absolute Gasteiger partial charge is 0.244 e. The summed E-state index contributed by atoms with van der Waals surface area (Å²) in [5.41, 5.74) is 7.64. The van der Waals surface area contributed by atoms with Crippen LogP contribution in [0, 0.1) is 0 Å². The number of rotatable bonds is 5. The van der Waals surface area contributed by atoms with Gasteiger partial charge in [0.05, 0.1) is 18.8 Å². The molecule has 5 nitrogen and oxygen atoms in total. The number of amides is 1. The van der Waals surface area contributed by atoms with Gasteiger partial charge in [-0.15, -0.1) is 24.8 Å². The predicted octanol–water partition coefficient (Wildman–Crippen LogP) is 2.61. The Hall–Kier alpha value is -0.850. The summed E-state index contributed by atoms with van der Waals surface area (Å²) in [7, 11) is 0. The van der Waals surface area contributed by atoms with Gasteiger partial charge in [0.15, 0.2) is 0 Å². The molecule has 2 aliphatic rings. The van der Waals surface area contributed by atoms with Gasteiger partial charge in [-0.1, -0.05) is 25.0 Å². The highest BCUT2D eigenvalue weighted by Gasteiger charge is 2.36. The zero-order valence-electron chi connectivity index (χ0n) is 14.5. The van der Waals surface area contributed by atoms with Crippen molar-refractivity contribution < 1.29 is 9.53 Å². The molecule has 3 rings (SSSR count). The summed E-state index contributed by atoms with van der Waals surface area (Å²) in [5, 5.41) is 2.97. The van der Waals surface area contributed by atoms with E-state index < -0.39 is 5.54 Å². The minimum Gasteiger partial charge on any atom is -0.379 e. The van der Waals surface area contributed by atoms with Crippen LogP contribution in [0.2, 0.25) is 0 Å². The van der Waals surface area contributed by atoms with Crippen LogP contribution in [0.5, 0.6) is 0 Å². The van der Waals surface area contributed by atoms with E-state index >= 15 is 0 Å². The highest BCUT2D eigenvalue weighted by molar-refractivity contribution is 5.98. The molecule has 1 aromatic carbocycles. The molecule has 142 valence electrons. The molecule has 2 fully saturated rings. The van der Waals surface area contributed by atoms with Crippen molar-refractivity contribution in [3.05, 3.63) is 29.8 Å². The second-order valence-corrected chi connectivity index (χ2v) is 6.72. The summed E-state index contributed by atoms with van der Waals surface area (Å²) in [5.74, 6) is -0.0453. The Kier molecular flexibility index (Phi) is 9.17. The highest BCUT2D eigenvalue weighted by atomic mass is 35.5. The van der Waals surface area contributed by atoms with Gasteiger partial charge in [0.25, 0.3) is 0 Å². The van der Waals surface area contributed by atoms with E-state index in [0.29, 0.717) is 0 Å². The molecule has 0 unspecified atom stereocenters. The average molecular weight is 390 g/mol. The molecule has 1 aliphatic carbocycles. The first-order valence-electron chi connectivity index (χ1n) is 8.65. The van der Waals surface area contributed by atoms with Crippen molar-refractivity contribution in [2.45, 2.75) is 37.6 Å². The molecule has 1 aliphatic heterocycles. The summed E-state index contributed by atoms with van der Waals surface area (Å²) in [4.78, 5) is 14.7. The first-order valence-corrected chi connectivity index (χ1v) is 8.65. The molecule has 1 saturated carbocycles. The first kappa shape index (κ1) is 22.2. The number of nitrogens with two attached hydrogens (primary N) is 1. The van der Waals surface area contributed by atoms with Crippen molar-refractivity contribution in [1.82, 2.24) is 4.90 Å². The van der Waals surface area contributed by atoms with Crippen LogP contribution < -0.4 is 11.1 Å². The van der Waals surface area contributed by atoms with E-state index in [9.17, 15) is 4.79 Å². The lowest BCUT2D eigenvalue weighted by Gasteiger charge is -2.26. The molecule has 0 bridgehead atoms. The van der Waals surface area contributed by atoms with Crippen LogP contribution in [0.1, 0.15) is 31.2 Å². The standard InChI is InChI=1S/C18H27N3O2.2ClH/c19-18(8-1-2-9-18)17(22)20-16-5-3-15(4-6-16)7-10-21-11-13-23-14-12-21;;/h3-6H,1-2,7-14,19H2,(H,20,22);2*1H. The van der Waals surface area contributed by atoms with E-state index in [-0.39, 0.29) is 30.7 Å². The predicted molar refractivity (Wildman–Crippen MR) is 106 cm³/mol. The van der Waals surface area contributed by atoms with E-state index in [1.165, 1.54) is 5.56 Å². The summed E-state index contributed by atoms with van der Waals surface area (Å²) >= 11 is 0. The minimum absolute atomic E-state index is 0. The lowest BCUT2D eigenvalue weighted by Crippen LogP contribution is -2.48. The van der Waals surface area contributed by atoms with Crippen LogP contribution in [-0.2, 0) is 16.0 Å². The molecule has 0 spiro atoms. The largest absolute Gasteiger partial charge is 0.379 e. The average Bonchev–Trinajstić information content (AvgIpc) is 3.03. The molecule has 0 atom stereocenters. The van der Waals surface area contributed by atoms with E-state index in [0.717, 1.165) is 70.6 Å². The number of benzene rings is 1. The summed E-state index contributed by atoms with van der Waals surface area (Å²) in [6, 6.07) is 8.14. The summed E-state index contributed by atoms with van der Waals surface area (Å²) < 4.78 is 5.36. The normalized spacial score (nSPS) is 19.6. The van der Waals surface area contributed by atoms with E-state index in [1.807, 2.05) is 12.1 Å². The van der Waals surface area contributed by atoms with Crippen LogP contribution in [0.3, 0.4) is 0 Å². The Balaban J connectivity index is 0.00000156. The van der Waals surface area contributed by atoms with Gasteiger partial charge in [0, 0.05) is 25.3 Å². The Bertz CT molecular complexity index is 528. The van der Waals surface area contributed by atoms with Crippen molar-refractivity contribution in [1.29, 1.82) is 0 Å².